The molecule has 0 bridgehead atoms. The average molecular weight is 190 g/mol. The van der Waals surface area contributed by atoms with E-state index in [1.54, 1.807) is 0 Å². The highest BCUT2D eigenvalue weighted by molar-refractivity contribution is 6.77. The van der Waals surface area contributed by atoms with E-state index in [1.165, 1.54) is 18.9 Å². The summed E-state index contributed by atoms with van der Waals surface area (Å²) in [7, 11) is -1.99. The van der Waals surface area contributed by atoms with Crippen LogP contribution >= 0.6 is 0 Å². The second-order valence-corrected chi connectivity index (χ2v) is 11.5. The molecule has 1 atom stereocenters. The van der Waals surface area contributed by atoms with Crippen LogP contribution < -0.4 is 0 Å². The molecule has 0 aromatic carbocycles. The Hall–Kier alpha value is 0.394. The van der Waals surface area contributed by atoms with Crippen LogP contribution in [0.3, 0.4) is 0 Å². The molecule has 0 radical (unpaired) electrons. The van der Waals surface area contributed by atoms with Gasteiger partial charge in [0.2, 0.25) is 0 Å². The van der Waals surface area contributed by atoms with E-state index in [0.717, 1.165) is 0 Å². The Bertz CT molecular complexity index is 98.8. The molecule has 1 unspecified atom stereocenters. The Kier molecular flexibility index (Phi) is 5.30. The second kappa shape index (κ2) is 5.11. The van der Waals surface area contributed by atoms with Gasteiger partial charge < -0.3 is 4.12 Å². The fourth-order valence-corrected chi connectivity index (χ4v) is 7.44. The number of unbranched alkanes of at least 4 members (excludes halogenated alkanes) is 1. The predicted octanol–water partition coefficient (Wildman–Crippen LogP) is 2.99. The van der Waals surface area contributed by atoms with Crippen LogP contribution in [-0.2, 0) is 4.12 Å². The third-order valence-electron chi connectivity index (χ3n) is 1.52. The van der Waals surface area contributed by atoms with Crippen molar-refractivity contribution in [2.75, 3.05) is 0 Å². The van der Waals surface area contributed by atoms with Crippen molar-refractivity contribution < 1.29 is 4.12 Å². The topological polar surface area (TPSA) is 9.23 Å². The van der Waals surface area contributed by atoms with Crippen LogP contribution in [-0.4, -0.2) is 17.4 Å². The molecule has 0 saturated carbocycles. The third kappa shape index (κ3) is 8.30. The minimum Gasteiger partial charge on any atom is -0.458 e. The lowest BCUT2D eigenvalue weighted by atomic mass is 10.4. The highest BCUT2D eigenvalue weighted by atomic mass is 28.4. The maximum atomic E-state index is 6.02. The highest BCUT2D eigenvalue weighted by Crippen LogP contribution is 2.09. The number of hydrogen-bond donors (Lipinski definition) is 0. The zero-order valence-corrected chi connectivity index (χ0v) is 10.8. The Morgan fingerprint density at radius 1 is 1.27 bits per heavy atom. The summed E-state index contributed by atoms with van der Waals surface area (Å²) in [4.78, 5) is 0. The fraction of sp³-hybridized carbons (Fsp3) is 1.00. The minimum absolute atomic E-state index is 0.783. The molecule has 0 aliphatic carbocycles. The molecule has 0 aromatic heterocycles. The monoisotopic (exact) mass is 190 g/mol. The first-order chi connectivity index (χ1) is 4.95. The first kappa shape index (κ1) is 11.4. The molecule has 0 rings (SSSR count). The van der Waals surface area contributed by atoms with E-state index in [4.69, 9.17) is 4.12 Å². The van der Waals surface area contributed by atoms with Gasteiger partial charge in [0.1, 0.15) is 0 Å². The summed E-state index contributed by atoms with van der Waals surface area (Å²) in [6.07, 6.45) is 2.67. The normalized spacial score (nSPS) is 15.0. The van der Waals surface area contributed by atoms with Gasteiger partial charge in [-0.25, -0.2) is 0 Å². The van der Waals surface area contributed by atoms with Crippen molar-refractivity contribution in [1.82, 2.24) is 0 Å². The van der Waals surface area contributed by atoms with E-state index in [9.17, 15) is 0 Å². The molecule has 0 spiro atoms. The molecule has 0 aliphatic rings. The van der Waals surface area contributed by atoms with E-state index < -0.39 is 17.4 Å². The summed E-state index contributed by atoms with van der Waals surface area (Å²) >= 11 is 0. The van der Waals surface area contributed by atoms with Crippen molar-refractivity contribution in [3.05, 3.63) is 0 Å². The van der Waals surface area contributed by atoms with E-state index in [-0.39, 0.29) is 0 Å². The van der Waals surface area contributed by atoms with Gasteiger partial charge in [-0.05, 0) is 32.2 Å². The lowest BCUT2D eigenvalue weighted by molar-refractivity contribution is 0.568. The van der Waals surface area contributed by atoms with Crippen molar-refractivity contribution in [1.29, 1.82) is 0 Å². The Labute approximate surface area is 74.0 Å². The van der Waals surface area contributed by atoms with E-state index in [1.807, 2.05) is 0 Å². The molecule has 0 amide bonds. The summed E-state index contributed by atoms with van der Waals surface area (Å²) < 4.78 is 6.02. The van der Waals surface area contributed by atoms with Crippen LogP contribution in [0.25, 0.3) is 0 Å². The zero-order chi connectivity index (χ0) is 8.91. The van der Waals surface area contributed by atoms with Crippen LogP contribution in [0.5, 0.6) is 0 Å². The van der Waals surface area contributed by atoms with Crippen molar-refractivity contribution in [2.24, 2.45) is 0 Å². The van der Waals surface area contributed by atoms with Gasteiger partial charge in [0.05, 0.1) is 0 Å². The molecule has 11 heavy (non-hydrogen) atoms. The molecular formula is C8H22OSi2. The van der Waals surface area contributed by atoms with Crippen LogP contribution in [0.2, 0.25) is 32.2 Å². The van der Waals surface area contributed by atoms with Crippen molar-refractivity contribution in [2.45, 2.75) is 52.0 Å². The summed E-state index contributed by atoms with van der Waals surface area (Å²) in [6.45, 7) is 11.4. The average Bonchev–Trinajstić information content (AvgIpc) is 1.79. The van der Waals surface area contributed by atoms with Crippen LogP contribution in [0.15, 0.2) is 0 Å². The van der Waals surface area contributed by atoms with Crippen LogP contribution in [0, 0.1) is 0 Å². The van der Waals surface area contributed by atoms with Gasteiger partial charge in [0, 0.05) is 0 Å². The smallest absolute Gasteiger partial charge is 0.170 e. The van der Waals surface area contributed by atoms with Gasteiger partial charge in [-0.2, -0.15) is 0 Å². The summed E-state index contributed by atoms with van der Waals surface area (Å²) in [6, 6.07) is 1.36. The van der Waals surface area contributed by atoms with Gasteiger partial charge in [-0.15, -0.1) is 0 Å². The SMILES string of the molecule is CCCC[SiH](C)O[Si](C)(C)C. The molecule has 0 aromatic rings. The Balaban J connectivity index is 3.44. The lowest BCUT2D eigenvalue weighted by Gasteiger charge is -2.22. The fourth-order valence-electron chi connectivity index (χ4n) is 1.15. The van der Waals surface area contributed by atoms with E-state index >= 15 is 0 Å². The van der Waals surface area contributed by atoms with E-state index in [2.05, 4.69) is 33.1 Å². The molecule has 68 valence electrons. The number of hydrogen-bond acceptors (Lipinski definition) is 1. The van der Waals surface area contributed by atoms with Gasteiger partial charge >= 0.3 is 0 Å². The minimum atomic E-state index is -1.21. The third-order valence-corrected chi connectivity index (χ3v) is 7.18. The van der Waals surface area contributed by atoms with Gasteiger partial charge in [-0.1, -0.05) is 19.8 Å². The summed E-state index contributed by atoms with van der Waals surface area (Å²) in [5.74, 6) is 0. The van der Waals surface area contributed by atoms with Gasteiger partial charge in [0.15, 0.2) is 17.4 Å². The second-order valence-electron chi connectivity index (χ2n) is 4.18. The number of rotatable bonds is 5. The molecule has 0 aliphatic heterocycles. The lowest BCUT2D eigenvalue weighted by Crippen LogP contribution is -2.32. The Morgan fingerprint density at radius 3 is 2.18 bits per heavy atom. The maximum Gasteiger partial charge on any atom is 0.170 e. The first-order valence-corrected chi connectivity index (χ1v) is 10.5. The Morgan fingerprint density at radius 2 is 1.82 bits per heavy atom. The molecule has 0 heterocycles. The van der Waals surface area contributed by atoms with Crippen molar-refractivity contribution >= 4 is 17.4 Å². The molecule has 0 fully saturated rings. The van der Waals surface area contributed by atoms with Gasteiger partial charge in [-0.3, -0.25) is 0 Å². The molecular weight excluding hydrogens is 168 g/mol. The predicted molar refractivity (Wildman–Crippen MR) is 57.2 cm³/mol. The van der Waals surface area contributed by atoms with Crippen LogP contribution in [0.4, 0.5) is 0 Å². The standard InChI is InChI=1S/C8H22OSi2/c1-6-7-8-10(2)9-11(3,4)5/h10H,6-8H2,1-5H3. The zero-order valence-electron chi connectivity index (χ0n) is 8.61. The summed E-state index contributed by atoms with van der Waals surface area (Å²) in [5, 5.41) is 0. The summed E-state index contributed by atoms with van der Waals surface area (Å²) in [5.41, 5.74) is 0. The molecule has 1 nitrogen and oxygen atoms in total. The van der Waals surface area contributed by atoms with E-state index in [0.29, 0.717) is 0 Å². The first-order valence-electron chi connectivity index (χ1n) is 4.63. The maximum absolute atomic E-state index is 6.02. The highest BCUT2D eigenvalue weighted by Gasteiger charge is 2.17. The van der Waals surface area contributed by atoms with Crippen LogP contribution in [0.1, 0.15) is 19.8 Å². The van der Waals surface area contributed by atoms with Crippen molar-refractivity contribution in [3.63, 3.8) is 0 Å². The molecule has 0 N–H and O–H groups in total. The molecule has 0 saturated heterocycles. The van der Waals surface area contributed by atoms with Crippen molar-refractivity contribution in [3.8, 4) is 0 Å². The van der Waals surface area contributed by atoms with Gasteiger partial charge in [0.25, 0.3) is 0 Å². The largest absolute Gasteiger partial charge is 0.458 e. The molecule has 3 heteroatoms. The quantitative estimate of drug-likeness (QED) is 0.606.